The summed E-state index contributed by atoms with van der Waals surface area (Å²) in [5.74, 6) is 0. The first-order chi connectivity index (χ1) is 11.5. The maximum absolute atomic E-state index is 11.8. The first-order valence-corrected chi connectivity index (χ1v) is 8.90. The van der Waals surface area contributed by atoms with Crippen LogP contribution in [0.3, 0.4) is 0 Å². The van der Waals surface area contributed by atoms with Crippen LogP contribution < -0.4 is 4.72 Å². The lowest BCUT2D eigenvalue weighted by atomic mass is 10.0. The highest BCUT2D eigenvalue weighted by atomic mass is 32.2. The molecule has 6 nitrogen and oxygen atoms in total. The molecule has 1 unspecified atom stereocenters. The highest BCUT2D eigenvalue weighted by Crippen LogP contribution is 2.40. The van der Waals surface area contributed by atoms with Crippen molar-refractivity contribution in [2.45, 2.75) is 25.5 Å². The third kappa shape index (κ3) is 3.66. The van der Waals surface area contributed by atoms with Gasteiger partial charge in [-0.3, -0.25) is 4.18 Å². The van der Waals surface area contributed by atoms with Gasteiger partial charge in [-0.1, -0.05) is 54.6 Å². The number of rotatable bonds is 5. The minimum absolute atomic E-state index is 0.582. The normalized spacial score (nSPS) is 24.2. The Morgan fingerprint density at radius 3 is 2.33 bits per heavy atom. The summed E-state index contributed by atoms with van der Waals surface area (Å²) in [7, 11) is -2.82. The van der Waals surface area contributed by atoms with E-state index in [1.165, 1.54) is 0 Å². The van der Waals surface area contributed by atoms with Crippen LogP contribution >= 0.6 is 0 Å². The Morgan fingerprint density at radius 1 is 1.00 bits per heavy atom. The van der Waals surface area contributed by atoms with Gasteiger partial charge >= 0.3 is 10.3 Å². The molecule has 7 heteroatoms. The molecule has 1 fully saturated rings. The summed E-state index contributed by atoms with van der Waals surface area (Å²) < 4.78 is 42.3. The minimum atomic E-state index is -3.92. The molecule has 1 N–H and O–H groups in total. The fraction of sp³-hybridized carbons (Fsp3) is 0.294. The quantitative estimate of drug-likeness (QED) is 0.898. The van der Waals surface area contributed by atoms with E-state index >= 15 is 0 Å². The number of hydrogen-bond acceptors (Lipinski definition) is 5. The van der Waals surface area contributed by atoms with Crippen LogP contribution in [0.15, 0.2) is 54.6 Å². The molecule has 2 aromatic rings. The summed E-state index contributed by atoms with van der Waals surface area (Å²) in [6, 6.07) is 17.0. The standard InChI is InChI=1S/C17H19NO5S/c1-12-8-6-7-11-14(12)15-16(18-24(19,20)21-2)23-17(22-15)13-9-4-3-5-10-13/h3-11,15-18H,1-2H3/t15-,16-,17?/m1/s1. The fourth-order valence-corrected chi connectivity index (χ4v) is 3.19. The molecule has 24 heavy (non-hydrogen) atoms. The topological polar surface area (TPSA) is 73.9 Å². The second kappa shape index (κ2) is 7.00. The summed E-state index contributed by atoms with van der Waals surface area (Å²) >= 11 is 0. The summed E-state index contributed by atoms with van der Waals surface area (Å²) in [6.07, 6.45) is -2.14. The van der Waals surface area contributed by atoms with E-state index < -0.39 is 28.9 Å². The van der Waals surface area contributed by atoms with E-state index in [4.69, 9.17) is 9.47 Å². The predicted molar refractivity (Wildman–Crippen MR) is 88.1 cm³/mol. The van der Waals surface area contributed by atoms with Crippen LogP contribution in [-0.2, 0) is 24.0 Å². The van der Waals surface area contributed by atoms with Crippen molar-refractivity contribution in [3.05, 3.63) is 71.3 Å². The van der Waals surface area contributed by atoms with Crippen molar-refractivity contribution in [1.82, 2.24) is 4.72 Å². The molecule has 1 aliphatic heterocycles. The van der Waals surface area contributed by atoms with E-state index in [1.54, 1.807) is 0 Å². The van der Waals surface area contributed by atoms with Gasteiger partial charge in [-0.2, -0.15) is 13.1 Å². The molecule has 0 amide bonds. The van der Waals surface area contributed by atoms with Gasteiger partial charge in [-0.25, -0.2) is 0 Å². The van der Waals surface area contributed by atoms with Crippen LogP contribution in [-0.4, -0.2) is 21.8 Å². The summed E-state index contributed by atoms with van der Waals surface area (Å²) in [5.41, 5.74) is 2.66. The Kier molecular flexibility index (Phi) is 4.98. The Labute approximate surface area is 141 Å². The van der Waals surface area contributed by atoms with Crippen LogP contribution in [0.4, 0.5) is 0 Å². The molecule has 0 spiro atoms. The van der Waals surface area contributed by atoms with Crippen molar-refractivity contribution in [2.24, 2.45) is 0 Å². The van der Waals surface area contributed by atoms with Crippen molar-refractivity contribution < 1.29 is 22.1 Å². The second-order valence-corrected chi connectivity index (χ2v) is 6.93. The molecule has 1 aliphatic rings. The first kappa shape index (κ1) is 17.1. The molecular weight excluding hydrogens is 330 g/mol. The highest BCUT2D eigenvalue weighted by molar-refractivity contribution is 7.84. The minimum Gasteiger partial charge on any atom is -0.336 e. The molecule has 3 atom stereocenters. The van der Waals surface area contributed by atoms with Gasteiger partial charge in [-0.05, 0) is 18.1 Å². The van der Waals surface area contributed by atoms with Crippen LogP contribution in [0.2, 0.25) is 0 Å². The predicted octanol–water partition coefficient (Wildman–Crippen LogP) is 2.59. The van der Waals surface area contributed by atoms with Crippen molar-refractivity contribution in [3.8, 4) is 0 Å². The summed E-state index contributed by atoms with van der Waals surface area (Å²) in [4.78, 5) is 0. The zero-order chi connectivity index (χ0) is 17.2. The average Bonchev–Trinajstić information content (AvgIpc) is 2.99. The molecule has 128 valence electrons. The molecule has 0 aliphatic carbocycles. The third-order valence-corrected chi connectivity index (χ3v) is 4.82. The van der Waals surface area contributed by atoms with Crippen molar-refractivity contribution >= 4 is 10.3 Å². The maximum Gasteiger partial charge on any atom is 0.337 e. The molecule has 0 aromatic heterocycles. The van der Waals surface area contributed by atoms with E-state index in [9.17, 15) is 8.42 Å². The number of ether oxygens (including phenoxy) is 2. The molecule has 0 saturated carbocycles. The van der Waals surface area contributed by atoms with Gasteiger partial charge in [0.1, 0.15) is 6.10 Å². The van der Waals surface area contributed by atoms with Crippen LogP contribution in [0.25, 0.3) is 0 Å². The average molecular weight is 349 g/mol. The summed E-state index contributed by atoms with van der Waals surface area (Å²) in [5, 5.41) is 0. The molecule has 2 aromatic carbocycles. The maximum atomic E-state index is 11.8. The van der Waals surface area contributed by atoms with Gasteiger partial charge in [0.15, 0.2) is 12.5 Å². The monoisotopic (exact) mass is 349 g/mol. The number of benzene rings is 2. The Bertz CT molecular complexity index is 794. The van der Waals surface area contributed by atoms with Gasteiger partial charge in [0.2, 0.25) is 0 Å². The molecule has 1 heterocycles. The Morgan fingerprint density at radius 2 is 1.67 bits per heavy atom. The van der Waals surface area contributed by atoms with Gasteiger partial charge in [0.05, 0.1) is 7.11 Å². The van der Waals surface area contributed by atoms with Crippen LogP contribution in [0, 0.1) is 6.92 Å². The van der Waals surface area contributed by atoms with Crippen LogP contribution in [0.5, 0.6) is 0 Å². The third-order valence-electron chi connectivity index (χ3n) is 3.86. The van der Waals surface area contributed by atoms with Crippen molar-refractivity contribution in [2.75, 3.05) is 7.11 Å². The van der Waals surface area contributed by atoms with E-state index in [0.717, 1.165) is 23.8 Å². The lowest BCUT2D eigenvalue weighted by Crippen LogP contribution is -2.38. The summed E-state index contributed by atoms with van der Waals surface area (Å²) in [6.45, 7) is 1.94. The zero-order valence-corrected chi connectivity index (χ0v) is 14.2. The number of nitrogens with one attached hydrogen (secondary N) is 1. The van der Waals surface area contributed by atoms with Gasteiger partial charge < -0.3 is 9.47 Å². The fourth-order valence-electron chi connectivity index (χ4n) is 2.63. The molecule has 3 rings (SSSR count). The molecule has 0 bridgehead atoms. The molecule has 1 saturated heterocycles. The van der Waals surface area contributed by atoms with Gasteiger partial charge in [0, 0.05) is 5.56 Å². The zero-order valence-electron chi connectivity index (χ0n) is 13.4. The lowest BCUT2D eigenvalue weighted by molar-refractivity contribution is -0.0705. The first-order valence-electron chi connectivity index (χ1n) is 7.49. The second-order valence-electron chi connectivity index (χ2n) is 5.45. The van der Waals surface area contributed by atoms with E-state index in [1.807, 2.05) is 61.5 Å². The molecule has 0 radical (unpaired) electrons. The van der Waals surface area contributed by atoms with Crippen molar-refractivity contribution in [3.63, 3.8) is 0 Å². The largest absolute Gasteiger partial charge is 0.337 e. The van der Waals surface area contributed by atoms with E-state index in [0.29, 0.717) is 0 Å². The Hall–Kier alpha value is -1.77. The van der Waals surface area contributed by atoms with E-state index in [2.05, 4.69) is 8.91 Å². The number of aryl methyl sites for hydroxylation is 1. The smallest absolute Gasteiger partial charge is 0.336 e. The highest BCUT2D eigenvalue weighted by Gasteiger charge is 2.40. The van der Waals surface area contributed by atoms with Crippen LogP contribution in [0.1, 0.15) is 29.1 Å². The number of hydrogen-bond donors (Lipinski definition) is 1. The van der Waals surface area contributed by atoms with Gasteiger partial charge in [-0.15, -0.1) is 0 Å². The molecular formula is C17H19NO5S. The Balaban J connectivity index is 1.92. The van der Waals surface area contributed by atoms with Crippen molar-refractivity contribution in [1.29, 1.82) is 0 Å². The van der Waals surface area contributed by atoms with Gasteiger partial charge in [0.25, 0.3) is 0 Å². The lowest BCUT2D eigenvalue weighted by Gasteiger charge is -2.19. The SMILES string of the molecule is COS(=O)(=O)N[C@@H]1OC(c2ccccc2)O[C@@H]1c1ccccc1C. The van der Waals surface area contributed by atoms with E-state index in [-0.39, 0.29) is 0 Å².